The van der Waals surface area contributed by atoms with Crippen molar-refractivity contribution in [3.63, 3.8) is 0 Å². The number of nitrogens with zero attached hydrogens (tertiary/aromatic N) is 2. The molecule has 1 fully saturated rings. The van der Waals surface area contributed by atoms with Gasteiger partial charge in [-0.25, -0.2) is 4.98 Å². The largest absolute Gasteiger partial charge is 0.342 e. The quantitative estimate of drug-likeness (QED) is 0.256. The summed E-state index contributed by atoms with van der Waals surface area (Å²) in [5, 5.41) is 1.24. The molecule has 0 atom stereocenters. The zero-order valence-electron chi connectivity index (χ0n) is 21.5. The van der Waals surface area contributed by atoms with Crippen molar-refractivity contribution >= 4 is 10.9 Å². The van der Waals surface area contributed by atoms with E-state index in [1.54, 1.807) is 0 Å². The first-order chi connectivity index (χ1) is 17.5. The van der Waals surface area contributed by atoms with Crippen molar-refractivity contribution in [3.05, 3.63) is 103 Å². The highest BCUT2D eigenvalue weighted by molar-refractivity contribution is 5.87. The van der Waals surface area contributed by atoms with Crippen LogP contribution in [0.3, 0.4) is 0 Å². The van der Waals surface area contributed by atoms with Crippen molar-refractivity contribution in [2.45, 2.75) is 45.4 Å². The summed E-state index contributed by atoms with van der Waals surface area (Å²) in [6.07, 6.45) is 5.23. The standard InChI is InChI=1S/C34H34N2/c1-34(2)19-17-26(18-20-34)24-13-15-25(16-14-24)29-21-30(27-9-5-4-6-10-27)35-31(22-29)33-23-28-11-7-8-12-32(28)36(33)3/h4-16,21-23,26H,17-20H2,1-3H3. The summed E-state index contributed by atoms with van der Waals surface area (Å²) in [4.78, 5) is 5.14. The van der Waals surface area contributed by atoms with Crippen LogP contribution in [0.1, 0.15) is 51.0 Å². The van der Waals surface area contributed by atoms with Gasteiger partial charge >= 0.3 is 0 Å². The Kier molecular flexibility index (Phi) is 5.76. The van der Waals surface area contributed by atoms with Gasteiger partial charge in [0.1, 0.15) is 0 Å². The molecule has 0 N–H and O–H groups in total. The molecule has 180 valence electrons. The molecule has 2 heterocycles. The smallest absolute Gasteiger partial charge is 0.0880 e. The summed E-state index contributed by atoms with van der Waals surface area (Å²) < 4.78 is 2.25. The van der Waals surface area contributed by atoms with E-state index in [1.807, 2.05) is 0 Å². The molecule has 0 unspecified atom stereocenters. The Hall–Kier alpha value is -3.65. The molecule has 0 bridgehead atoms. The van der Waals surface area contributed by atoms with E-state index in [1.165, 1.54) is 53.3 Å². The molecule has 0 radical (unpaired) electrons. The number of hydrogen-bond donors (Lipinski definition) is 0. The third kappa shape index (κ3) is 4.37. The fourth-order valence-corrected chi connectivity index (χ4v) is 5.80. The van der Waals surface area contributed by atoms with Gasteiger partial charge in [0.25, 0.3) is 0 Å². The lowest BCUT2D eigenvalue weighted by atomic mass is 9.71. The number of fused-ring (bicyclic) bond motifs is 1. The van der Waals surface area contributed by atoms with Gasteiger partial charge in [-0.05, 0) is 78.0 Å². The molecule has 2 nitrogen and oxygen atoms in total. The molecular formula is C34H34N2. The number of aryl methyl sites for hydroxylation is 1. The summed E-state index contributed by atoms with van der Waals surface area (Å²) in [5.74, 6) is 0.691. The second-order valence-corrected chi connectivity index (χ2v) is 11.2. The van der Waals surface area contributed by atoms with Crippen LogP contribution in [0.2, 0.25) is 0 Å². The summed E-state index contributed by atoms with van der Waals surface area (Å²) in [5.41, 5.74) is 9.95. The lowest BCUT2D eigenvalue weighted by molar-refractivity contribution is 0.224. The number of aromatic nitrogens is 2. The first kappa shape index (κ1) is 22.8. The Labute approximate surface area is 214 Å². The molecule has 5 aromatic rings. The van der Waals surface area contributed by atoms with E-state index in [0.717, 1.165) is 22.6 Å². The molecule has 1 aliphatic carbocycles. The Balaban J connectivity index is 1.41. The van der Waals surface area contributed by atoms with Crippen LogP contribution in [0.25, 0.3) is 44.7 Å². The maximum atomic E-state index is 5.14. The zero-order valence-corrected chi connectivity index (χ0v) is 21.5. The number of hydrogen-bond acceptors (Lipinski definition) is 1. The van der Waals surface area contributed by atoms with Gasteiger partial charge in [-0.3, -0.25) is 0 Å². The van der Waals surface area contributed by atoms with Gasteiger partial charge in [-0.2, -0.15) is 0 Å². The molecule has 0 amide bonds. The van der Waals surface area contributed by atoms with E-state index < -0.39 is 0 Å². The summed E-state index contributed by atoms with van der Waals surface area (Å²) >= 11 is 0. The van der Waals surface area contributed by atoms with Crippen LogP contribution < -0.4 is 0 Å². The lowest BCUT2D eigenvalue weighted by Crippen LogP contribution is -2.20. The molecule has 0 spiro atoms. The Morgan fingerprint density at radius 1 is 0.694 bits per heavy atom. The van der Waals surface area contributed by atoms with E-state index in [-0.39, 0.29) is 0 Å². The fraction of sp³-hybridized carbons (Fsp3) is 0.265. The number of para-hydroxylation sites is 1. The highest BCUT2D eigenvalue weighted by Crippen LogP contribution is 2.43. The Morgan fingerprint density at radius 2 is 1.36 bits per heavy atom. The van der Waals surface area contributed by atoms with Crippen molar-refractivity contribution in [2.24, 2.45) is 12.5 Å². The molecule has 0 saturated heterocycles. The Morgan fingerprint density at radius 3 is 2.08 bits per heavy atom. The van der Waals surface area contributed by atoms with Crippen LogP contribution in [0.15, 0.2) is 97.1 Å². The predicted octanol–water partition coefficient (Wildman–Crippen LogP) is 9.26. The van der Waals surface area contributed by atoms with Crippen molar-refractivity contribution in [3.8, 4) is 33.8 Å². The van der Waals surface area contributed by atoms with Gasteiger partial charge < -0.3 is 4.57 Å². The van der Waals surface area contributed by atoms with Crippen LogP contribution in [-0.4, -0.2) is 9.55 Å². The molecule has 1 saturated carbocycles. The zero-order chi connectivity index (χ0) is 24.7. The topological polar surface area (TPSA) is 17.8 Å². The predicted molar refractivity (Wildman–Crippen MR) is 152 cm³/mol. The first-order valence-electron chi connectivity index (χ1n) is 13.2. The average Bonchev–Trinajstić information content (AvgIpc) is 3.25. The highest BCUT2D eigenvalue weighted by atomic mass is 15.0. The fourth-order valence-electron chi connectivity index (χ4n) is 5.80. The minimum Gasteiger partial charge on any atom is -0.342 e. The van der Waals surface area contributed by atoms with E-state index in [4.69, 9.17) is 4.98 Å². The first-order valence-corrected chi connectivity index (χ1v) is 13.2. The van der Waals surface area contributed by atoms with Crippen LogP contribution in [0, 0.1) is 5.41 Å². The van der Waals surface area contributed by atoms with Crippen LogP contribution in [0.5, 0.6) is 0 Å². The van der Waals surface area contributed by atoms with Crippen molar-refractivity contribution in [1.29, 1.82) is 0 Å². The van der Waals surface area contributed by atoms with E-state index in [0.29, 0.717) is 11.3 Å². The molecule has 36 heavy (non-hydrogen) atoms. The maximum absolute atomic E-state index is 5.14. The lowest BCUT2D eigenvalue weighted by Gasteiger charge is -2.34. The summed E-state index contributed by atoms with van der Waals surface area (Å²) in [6.45, 7) is 4.82. The third-order valence-electron chi connectivity index (χ3n) is 8.16. The normalized spacial score (nSPS) is 15.9. The molecule has 3 aromatic carbocycles. The van der Waals surface area contributed by atoms with Gasteiger partial charge in [0.05, 0.1) is 17.1 Å². The molecule has 2 aromatic heterocycles. The Bertz CT molecular complexity index is 1500. The van der Waals surface area contributed by atoms with Gasteiger partial charge in [0.15, 0.2) is 0 Å². The molecule has 6 rings (SSSR count). The second-order valence-electron chi connectivity index (χ2n) is 11.2. The van der Waals surface area contributed by atoms with Crippen molar-refractivity contribution < 1.29 is 0 Å². The number of rotatable bonds is 4. The average molecular weight is 471 g/mol. The van der Waals surface area contributed by atoms with E-state index in [2.05, 4.69) is 123 Å². The van der Waals surface area contributed by atoms with Crippen molar-refractivity contribution in [2.75, 3.05) is 0 Å². The monoisotopic (exact) mass is 470 g/mol. The van der Waals surface area contributed by atoms with Gasteiger partial charge in [0, 0.05) is 23.5 Å². The van der Waals surface area contributed by atoms with E-state index >= 15 is 0 Å². The number of pyridine rings is 1. The molecule has 2 heteroatoms. The van der Waals surface area contributed by atoms with Crippen molar-refractivity contribution in [1.82, 2.24) is 9.55 Å². The highest BCUT2D eigenvalue weighted by Gasteiger charge is 2.27. The third-order valence-corrected chi connectivity index (χ3v) is 8.16. The van der Waals surface area contributed by atoms with Gasteiger partial charge in [-0.15, -0.1) is 0 Å². The molecular weight excluding hydrogens is 436 g/mol. The summed E-state index contributed by atoms with van der Waals surface area (Å²) in [6, 6.07) is 35.1. The summed E-state index contributed by atoms with van der Waals surface area (Å²) in [7, 11) is 2.13. The second kappa shape index (κ2) is 9.09. The van der Waals surface area contributed by atoms with E-state index in [9.17, 15) is 0 Å². The van der Waals surface area contributed by atoms with Crippen LogP contribution in [-0.2, 0) is 7.05 Å². The maximum Gasteiger partial charge on any atom is 0.0880 e. The SMILES string of the molecule is Cn1c(-c2cc(-c3ccc(C4CCC(C)(C)CC4)cc3)cc(-c3ccccc3)n2)cc2ccccc21. The van der Waals surface area contributed by atoms with Gasteiger partial charge in [0.2, 0.25) is 0 Å². The molecule has 0 aliphatic heterocycles. The molecule has 1 aliphatic rings. The minimum atomic E-state index is 0.499. The van der Waals surface area contributed by atoms with Crippen LogP contribution >= 0.6 is 0 Å². The number of benzene rings is 3. The minimum absolute atomic E-state index is 0.499. The van der Waals surface area contributed by atoms with Gasteiger partial charge in [-0.1, -0.05) is 86.6 Å². The van der Waals surface area contributed by atoms with Crippen LogP contribution in [0.4, 0.5) is 0 Å².